The molecule has 3 N–H and O–H groups in total. The number of morpholine rings is 1. The number of carbonyl (C=O) groups excluding carboxylic acids is 2. The maximum absolute atomic E-state index is 11.7. The molecule has 7 nitrogen and oxygen atoms in total. The largest absolute Gasteiger partial charge is 0.379 e. The third-order valence-electron chi connectivity index (χ3n) is 3.38. The molecule has 0 aromatic carbocycles. The van der Waals surface area contributed by atoms with Gasteiger partial charge in [-0.05, 0) is 47.4 Å². The van der Waals surface area contributed by atoms with Crippen molar-refractivity contribution in [2.75, 3.05) is 39.4 Å². The summed E-state index contributed by atoms with van der Waals surface area (Å²) in [5.74, 6) is -0.330. The van der Waals surface area contributed by atoms with Crippen LogP contribution >= 0.6 is 27.3 Å². The summed E-state index contributed by atoms with van der Waals surface area (Å²) in [4.78, 5) is 26.2. The zero-order valence-electron chi connectivity index (χ0n) is 12.8. The van der Waals surface area contributed by atoms with Gasteiger partial charge in [0.25, 0.3) is 5.91 Å². The third kappa shape index (κ3) is 6.86. The highest BCUT2D eigenvalue weighted by atomic mass is 79.9. The van der Waals surface area contributed by atoms with Gasteiger partial charge in [-0.2, -0.15) is 0 Å². The van der Waals surface area contributed by atoms with E-state index in [0.29, 0.717) is 11.4 Å². The minimum atomic E-state index is -0.402. The second-order valence-corrected chi connectivity index (χ2v) is 7.56. The van der Waals surface area contributed by atoms with E-state index in [2.05, 4.69) is 37.0 Å². The van der Waals surface area contributed by atoms with Gasteiger partial charge in [-0.1, -0.05) is 0 Å². The molecule has 1 fully saturated rings. The fourth-order valence-electron chi connectivity index (χ4n) is 2.14. The lowest BCUT2D eigenvalue weighted by Gasteiger charge is -2.26. The molecule has 1 aromatic heterocycles. The fourth-order valence-corrected chi connectivity index (χ4v) is 3.42. The van der Waals surface area contributed by atoms with Gasteiger partial charge in [0.05, 0.1) is 21.9 Å². The molecule has 2 heterocycles. The van der Waals surface area contributed by atoms with Crippen LogP contribution in [0.4, 0.5) is 4.79 Å². The van der Waals surface area contributed by atoms with Crippen LogP contribution in [0.1, 0.15) is 22.5 Å². The maximum atomic E-state index is 11.7. The van der Waals surface area contributed by atoms with Crippen LogP contribution in [0, 0.1) is 0 Å². The lowest BCUT2D eigenvalue weighted by Crippen LogP contribution is -2.47. The summed E-state index contributed by atoms with van der Waals surface area (Å²) in [5, 5.41) is 2.72. The van der Waals surface area contributed by atoms with E-state index in [1.165, 1.54) is 11.3 Å². The Balaban J connectivity index is 1.50. The first-order valence-electron chi connectivity index (χ1n) is 7.55. The van der Waals surface area contributed by atoms with E-state index < -0.39 is 6.03 Å². The van der Waals surface area contributed by atoms with Gasteiger partial charge in [-0.15, -0.1) is 11.3 Å². The second-order valence-electron chi connectivity index (χ2n) is 5.10. The van der Waals surface area contributed by atoms with Crippen LogP contribution < -0.4 is 16.2 Å². The number of nitrogens with zero attached hydrogens (tertiary/aromatic N) is 1. The van der Waals surface area contributed by atoms with Crippen molar-refractivity contribution in [1.29, 1.82) is 0 Å². The van der Waals surface area contributed by atoms with Gasteiger partial charge in [0.1, 0.15) is 0 Å². The Hall–Kier alpha value is -1.16. The minimum Gasteiger partial charge on any atom is -0.379 e. The molecule has 9 heteroatoms. The molecule has 3 amide bonds. The van der Waals surface area contributed by atoms with Gasteiger partial charge in [0.15, 0.2) is 0 Å². The smallest absolute Gasteiger partial charge is 0.333 e. The van der Waals surface area contributed by atoms with Crippen molar-refractivity contribution in [2.45, 2.75) is 12.8 Å². The number of halogens is 1. The number of amides is 3. The van der Waals surface area contributed by atoms with Gasteiger partial charge >= 0.3 is 6.03 Å². The van der Waals surface area contributed by atoms with Crippen LogP contribution in [0.2, 0.25) is 0 Å². The topological polar surface area (TPSA) is 82.7 Å². The minimum absolute atomic E-state index is 0.330. The van der Waals surface area contributed by atoms with E-state index in [-0.39, 0.29) is 5.91 Å². The number of unbranched alkanes of at least 4 members (excludes halogenated alkanes) is 1. The summed E-state index contributed by atoms with van der Waals surface area (Å²) in [7, 11) is 0. The quantitative estimate of drug-likeness (QED) is 0.496. The van der Waals surface area contributed by atoms with Crippen LogP contribution in [0.25, 0.3) is 0 Å². The Morgan fingerprint density at radius 2 is 2.00 bits per heavy atom. The number of thiophene rings is 1. The van der Waals surface area contributed by atoms with Crippen molar-refractivity contribution in [1.82, 2.24) is 21.1 Å². The van der Waals surface area contributed by atoms with Crippen LogP contribution in [-0.2, 0) is 4.74 Å². The van der Waals surface area contributed by atoms with E-state index in [0.717, 1.165) is 49.5 Å². The summed E-state index contributed by atoms with van der Waals surface area (Å²) < 4.78 is 6.16. The van der Waals surface area contributed by atoms with Gasteiger partial charge < -0.3 is 10.1 Å². The van der Waals surface area contributed by atoms with Crippen molar-refractivity contribution < 1.29 is 14.3 Å². The van der Waals surface area contributed by atoms with Gasteiger partial charge in [-0.3, -0.25) is 15.1 Å². The Kier molecular flexibility index (Phi) is 7.80. The van der Waals surface area contributed by atoms with Gasteiger partial charge in [0.2, 0.25) is 0 Å². The second kappa shape index (κ2) is 9.86. The molecule has 0 aliphatic carbocycles. The van der Waals surface area contributed by atoms with Gasteiger partial charge in [-0.25, -0.2) is 10.2 Å². The maximum Gasteiger partial charge on any atom is 0.333 e. The molecule has 2 rings (SSSR count). The molecule has 1 aromatic rings. The van der Waals surface area contributed by atoms with E-state index in [1.54, 1.807) is 12.1 Å². The van der Waals surface area contributed by atoms with Crippen LogP contribution in [0.15, 0.2) is 15.9 Å². The first kappa shape index (κ1) is 18.2. The number of hydrogen-bond acceptors (Lipinski definition) is 5. The number of urea groups is 1. The lowest BCUT2D eigenvalue weighted by atomic mass is 10.3. The fraction of sp³-hybridized carbons (Fsp3) is 0.571. The first-order chi connectivity index (χ1) is 11.1. The summed E-state index contributed by atoms with van der Waals surface area (Å²) in [6, 6.07) is 3.07. The molecule has 1 saturated heterocycles. The average Bonchev–Trinajstić information content (AvgIpc) is 3.00. The van der Waals surface area contributed by atoms with Crippen molar-refractivity contribution in [3.8, 4) is 0 Å². The molecule has 0 unspecified atom stereocenters. The number of rotatable bonds is 6. The number of ether oxygens (including phenoxy) is 1. The first-order valence-corrected chi connectivity index (χ1v) is 9.16. The summed E-state index contributed by atoms with van der Waals surface area (Å²) in [6.07, 6.45) is 1.92. The molecule has 0 atom stereocenters. The molecule has 23 heavy (non-hydrogen) atoms. The molecule has 0 bridgehead atoms. The molecule has 0 spiro atoms. The van der Waals surface area contributed by atoms with Crippen molar-refractivity contribution >= 4 is 39.2 Å². The highest BCUT2D eigenvalue weighted by Crippen LogP contribution is 2.21. The van der Waals surface area contributed by atoms with Gasteiger partial charge in [0, 0.05) is 19.6 Å². The van der Waals surface area contributed by atoms with Crippen LogP contribution in [0.3, 0.4) is 0 Å². The Morgan fingerprint density at radius 3 is 2.70 bits per heavy atom. The zero-order valence-corrected chi connectivity index (χ0v) is 15.2. The molecular weight excluding hydrogens is 384 g/mol. The molecular formula is C14H21BrN4O3S. The Bertz CT molecular complexity index is 520. The zero-order chi connectivity index (χ0) is 16.5. The van der Waals surface area contributed by atoms with E-state index in [1.807, 2.05) is 0 Å². The van der Waals surface area contributed by atoms with E-state index in [4.69, 9.17) is 4.74 Å². The standard InChI is InChI=1S/C14H21BrN4O3S/c15-12-4-3-11(23-12)13(20)17-18-14(21)16-5-1-2-6-19-7-9-22-10-8-19/h3-4H,1-2,5-10H2,(H,17,20)(H2,16,18,21). The van der Waals surface area contributed by atoms with Crippen molar-refractivity contribution in [3.63, 3.8) is 0 Å². The molecule has 1 aliphatic rings. The third-order valence-corrected chi connectivity index (χ3v) is 5.00. The molecule has 1 aliphatic heterocycles. The van der Waals surface area contributed by atoms with Crippen LogP contribution in [-0.4, -0.2) is 56.2 Å². The van der Waals surface area contributed by atoms with Crippen molar-refractivity contribution in [3.05, 3.63) is 20.8 Å². The predicted octanol–water partition coefficient (Wildman–Crippen LogP) is 1.57. The molecule has 128 valence electrons. The number of nitrogens with one attached hydrogen (secondary N) is 3. The highest BCUT2D eigenvalue weighted by Gasteiger charge is 2.10. The molecule has 0 radical (unpaired) electrons. The normalized spacial score (nSPS) is 15.2. The van der Waals surface area contributed by atoms with E-state index in [9.17, 15) is 9.59 Å². The number of hydrogen-bond donors (Lipinski definition) is 3. The highest BCUT2D eigenvalue weighted by molar-refractivity contribution is 9.11. The average molecular weight is 405 g/mol. The van der Waals surface area contributed by atoms with Crippen LogP contribution in [0.5, 0.6) is 0 Å². The molecule has 0 saturated carbocycles. The van der Waals surface area contributed by atoms with E-state index >= 15 is 0 Å². The lowest BCUT2D eigenvalue weighted by molar-refractivity contribution is 0.0372. The Labute approximate surface area is 147 Å². The number of hydrazine groups is 1. The summed E-state index contributed by atoms with van der Waals surface area (Å²) >= 11 is 4.59. The Morgan fingerprint density at radius 1 is 1.22 bits per heavy atom. The predicted molar refractivity (Wildman–Crippen MR) is 92.5 cm³/mol. The summed E-state index contributed by atoms with van der Waals surface area (Å²) in [6.45, 7) is 5.19. The monoisotopic (exact) mass is 404 g/mol. The van der Waals surface area contributed by atoms with Crippen molar-refractivity contribution in [2.24, 2.45) is 0 Å². The summed E-state index contributed by atoms with van der Waals surface area (Å²) in [5.41, 5.74) is 4.72. The number of carbonyl (C=O) groups is 2. The SMILES string of the molecule is O=C(NCCCCN1CCOCC1)NNC(=O)c1ccc(Br)s1.